The van der Waals surface area contributed by atoms with E-state index >= 15 is 0 Å². The Balaban J connectivity index is 1.62. The van der Waals surface area contributed by atoms with E-state index in [1.54, 1.807) is 0 Å². The molecule has 3 heteroatoms. The standard InChI is InChI=1S/C22H28N2O/c1-14-15(2)25-16(3)19-11-22(4,21(23)20(14)19)13-24-10-9-17-7-5-6-8-18(17)12-24/h5-8H,9-13,23H2,1-4H3. The Bertz CT molecular complexity index is 830. The second-order valence-corrected chi connectivity index (χ2v) is 8.07. The SMILES string of the molecule is CC1=C(C)C2=C(N)C(C)(CN3CCc4ccccc4C3)CC2=C(C)O1. The van der Waals surface area contributed by atoms with Crippen LogP contribution in [0.2, 0.25) is 0 Å². The molecule has 0 saturated carbocycles. The first-order valence-corrected chi connectivity index (χ1v) is 9.24. The molecule has 132 valence electrons. The predicted octanol–water partition coefficient (Wildman–Crippen LogP) is 4.27. The topological polar surface area (TPSA) is 38.5 Å². The van der Waals surface area contributed by atoms with Gasteiger partial charge in [0, 0.05) is 41.9 Å². The van der Waals surface area contributed by atoms with E-state index in [-0.39, 0.29) is 5.41 Å². The molecule has 3 aliphatic rings. The molecule has 1 unspecified atom stereocenters. The first-order chi connectivity index (χ1) is 11.9. The van der Waals surface area contributed by atoms with E-state index in [0.29, 0.717) is 0 Å². The number of ether oxygens (including phenoxy) is 1. The van der Waals surface area contributed by atoms with Gasteiger partial charge in [0.15, 0.2) is 0 Å². The van der Waals surface area contributed by atoms with Crippen LogP contribution in [-0.4, -0.2) is 18.0 Å². The lowest BCUT2D eigenvalue weighted by Crippen LogP contribution is -2.40. The zero-order chi connectivity index (χ0) is 17.8. The molecule has 0 fully saturated rings. The largest absolute Gasteiger partial charge is 0.466 e. The molecule has 2 N–H and O–H groups in total. The van der Waals surface area contributed by atoms with E-state index in [9.17, 15) is 0 Å². The molecule has 0 amide bonds. The average molecular weight is 336 g/mol. The Morgan fingerprint density at radius 3 is 2.60 bits per heavy atom. The molecule has 1 aromatic rings. The number of allylic oxidation sites excluding steroid dienone is 5. The fraction of sp³-hybridized carbons (Fsp3) is 0.455. The van der Waals surface area contributed by atoms with Crippen LogP contribution >= 0.6 is 0 Å². The maximum absolute atomic E-state index is 6.72. The quantitative estimate of drug-likeness (QED) is 0.877. The molecular weight excluding hydrogens is 308 g/mol. The summed E-state index contributed by atoms with van der Waals surface area (Å²) in [5, 5.41) is 0. The number of fused-ring (bicyclic) bond motifs is 2. The summed E-state index contributed by atoms with van der Waals surface area (Å²) in [6, 6.07) is 8.81. The molecule has 2 aliphatic heterocycles. The zero-order valence-electron chi connectivity index (χ0n) is 15.8. The summed E-state index contributed by atoms with van der Waals surface area (Å²) in [7, 11) is 0. The Kier molecular flexibility index (Phi) is 3.80. The number of nitrogens with zero attached hydrogens (tertiary/aromatic N) is 1. The minimum absolute atomic E-state index is 0.0204. The van der Waals surface area contributed by atoms with Crippen LogP contribution in [0, 0.1) is 5.41 Å². The van der Waals surface area contributed by atoms with Crippen molar-refractivity contribution in [2.75, 3.05) is 13.1 Å². The van der Waals surface area contributed by atoms with Crippen molar-refractivity contribution in [1.29, 1.82) is 0 Å². The third-order valence-electron chi connectivity index (χ3n) is 6.20. The van der Waals surface area contributed by atoms with Gasteiger partial charge < -0.3 is 10.5 Å². The Morgan fingerprint density at radius 1 is 1.12 bits per heavy atom. The van der Waals surface area contributed by atoms with Crippen LogP contribution in [0.15, 0.2) is 58.2 Å². The highest BCUT2D eigenvalue weighted by Gasteiger charge is 2.43. The van der Waals surface area contributed by atoms with E-state index < -0.39 is 0 Å². The van der Waals surface area contributed by atoms with Gasteiger partial charge in [-0.1, -0.05) is 31.2 Å². The first kappa shape index (κ1) is 16.5. The first-order valence-electron chi connectivity index (χ1n) is 9.24. The van der Waals surface area contributed by atoms with Crippen LogP contribution in [0.1, 0.15) is 45.2 Å². The van der Waals surface area contributed by atoms with Crippen molar-refractivity contribution < 1.29 is 4.74 Å². The summed E-state index contributed by atoms with van der Waals surface area (Å²) >= 11 is 0. The molecule has 4 rings (SSSR count). The van der Waals surface area contributed by atoms with Gasteiger partial charge in [-0.15, -0.1) is 0 Å². The number of hydrogen-bond donors (Lipinski definition) is 1. The fourth-order valence-corrected chi connectivity index (χ4v) is 4.63. The molecule has 2 heterocycles. The summed E-state index contributed by atoms with van der Waals surface area (Å²) in [4.78, 5) is 2.57. The van der Waals surface area contributed by atoms with Crippen LogP contribution in [0.3, 0.4) is 0 Å². The van der Waals surface area contributed by atoms with Crippen molar-refractivity contribution in [2.45, 2.75) is 47.1 Å². The second-order valence-electron chi connectivity index (χ2n) is 8.07. The van der Waals surface area contributed by atoms with Gasteiger partial charge in [-0.05, 0) is 50.3 Å². The van der Waals surface area contributed by atoms with E-state index in [0.717, 1.165) is 49.7 Å². The molecule has 0 radical (unpaired) electrons. The van der Waals surface area contributed by atoms with Crippen LogP contribution < -0.4 is 5.73 Å². The Hall–Kier alpha value is -2.00. The normalized spacial score (nSPS) is 26.7. The summed E-state index contributed by atoms with van der Waals surface area (Å²) in [6.07, 6.45) is 2.11. The molecule has 0 aromatic heterocycles. The fourth-order valence-electron chi connectivity index (χ4n) is 4.63. The molecule has 1 aliphatic carbocycles. The van der Waals surface area contributed by atoms with Crippen molar-refractivity contribution in [2.24, 2.45) is 11.1 Å². The molecule has 0 saturated heterocycles. The monoisotopic (exact) mass is 336 g/mol. The lowest BCUT2D eigenvalue weighted by atomic mass is 9.85. The summed E-state index contributed by atoms with van der Waals surface area (Å²) in [5.41, 5.74) is 14.5. The van der Waals surface area contributed by atoms with E-state index in [4.69, 9.17) is 10.5 Å². The predicted molar refractivity (Wildman–Crippen MR) is 102 cm³/mol. The summed E-state index contributed by atoms with van der Waals surface area (Å²) in [6.45, 7) is 11.7. The van der Waals surface area contributed by atoms with Gasteiger partial charge in [-0.2, -0.15) is 0 Å². The maximum atomic E-state index is 6.72. The van der Waals surface area contributed by atoms with Crippen LogP contribution in [0.4, 0.5) is 0 Å². The maximum Gasteiger partial charge on any atom is 0.104 e. The van der Waals surface area contributed by atoms with E-state index in [2.05, 4.69) is 49.9 Å². The van der Waals surface area contributed by atoms with Gasteiger partial charge in [-0.25, -0.2) is 0 Å². The number of hydrogen-bond acceptors (Lipinski definition) is 3. The van der Waals surface area contributed by atoms with Gasteiger partial charge in [0.1, 0.15) is 11.5 Å². The molecule has 1 atom stereocenters. The van der Waals surface area contributed by atoms with Gasteiger partial charge in [0.05, 0.1) is 0 Å². The highest BCUT2D eigenvalue weighted by molar-refractivity contribution is 5.58. The zero-order valence-corrected chi connectivity index (χ0v) is 15.8. The minimum Gasteiger partial charge on any atom is -0.466 e. The van der Waals surface area contributed by atoms with Crippen molar-refractivity contribution >= 4 is 0 Å². The molecule has 0 bridgehead atoms. The molecule has 25 heavy (non-hydrogen) atoms. The van der Waals surface area contributed by atoms with Gasteiger partial charge in [-0.3, -0.25) is 4.90 Å². The summed E-state index contributed by atoms with van der Waals surface area (Å²) in [5.74, 6) is 2.00. The number of benzene rings is 1. The number of rotatable bonds is 2. The van der Waals surface area contributed by atoms with Crippen molar-refractivity contribution in [3.05, 3.63) is 69.3 Å². The highest BCUT2D eigenvalue weighted by Crippen LogP contribution is 2.50. The third kappa shape index (κ3) is 2.62. The summed E-state index contributed by atoms with van der Waals surface area (Å²) < 4.78 is 5.95. The van der Waals surface area contributed by atoms with Gasteiger partial charge >= 0.3 is 0 Å². The third-order valence-corrected chi connectivity index (χ3v) is 6.20. The van der Waals surface area contributed by atoms with Crippen LogP contribution in [-0.2, 0) is 17.7 Å². The van der Waals surface area contributed by atoms with E-state index in [1.807, 2.05) is 6.92 Å². The van der Waals surface area contributed by atoms with Gasteiger partial charge in [0.2, 0.25) is 0 Å². The van der Waals surface area contributed by atoms with Crippen LogP contribution in [0.5, 0.6) is 0 Å². The van der Waals surface area contributed by atoms with Crippen LogP contribution in [0.25, 0.3) is 0 Å². The Morgan fingerprint density at radius 2 is 1.84 bits per heavy atom. The minimum atomic E-state index is -0.0204. The Labute approximate surface area is 150 Å². The lowest BCUT2D eigenvalue weighted by molar-refractivity contribution is 0.177. The molecule has 1 aromatic carbocycles. The molecular formula is C22H28N2O. The number of nitrogens with two attached hydrogens (primary N) is 1. The highest BCUT2D eigenvalue weighted by atomic mass is 16.5. The van der Waals surface area contributed by atoms with Crippen molar-refractivity contribution in [3.8, 4) is 0 Å². The second kappa shape index (κ2) is 5.77. The van der Waals surface area contributed by atoms with Crippen molar-refractivity contribution in [1.82, 2.24) is 4.90 Å². The van der Waals surface area contributed by atoms with Gasteiger partial charge in [0.25, 0.3) is 0 Å². The average Bonchev–Trinajstić information content (AvgIpc) is 2.85. The lowest BCUT2D eigenvalue weighted by Gasteiger charge is -2.36. The van der Waals surface area contributed by atoms with Crippen molar-refractivity contribution in [3.63, 3.8) is 0 Å². The molecule has 0 spiro atoms. The van der Waals surface area contributed by atoms with E-state index in [1.165, 1.54) is 27.8 Å². The smallest absolute Gasteiger partial charge is 0.104 e. The molecule has 3 nitrogen and oxygen atoms in total.